The van der Waals surface area contributed by atoms with Gasteiger partial charge in [-0.1, -0.05) is 18.2 Å². The average molecular weight is 292 g/mol. The zero-order valence-electron chi connectivity index (χ0n) is 10.7. The summed E-state index contributed by atoms with van der Waals surface area (Å²) in [6.07, 6.45) is -1.92. The topological polar surface area (TPSA) is 40.5 Å². The molecule has 1 unspecified atom stereocenters. The van der Waals surface area contributed by atoms with Crippen LogP contribution in [0.2, 0.25) is 0 Å². The molecule has 1 N–H and O–H groups in total. The highest BCUT2D eigenvalue weighted by molar-refractivity contribution is 5.44. The van der Waals surface area contributed by atoms with Gasteiger partial charge in [-0.05, 0) is 18.2 Å². The van der Waals surface area contributed by atoms with Crippen molar-refractivity contribution < 1.29 is 13.2 Å². The van der Waals surface area contributed by atoms with Gasteiger partial charge in [0, 0.05) is 29.5 Å². The first-order valence-corrected chi connectivity index (χ1v) is 6.20. The van der Waals surface area contributed by atoms with Crippen molar-refractivity contribution in [2.45, 2.75) is 12.6 Å². The predicted molar refractivity (Wildman–Crippen MR) is 71.2 cm³/mol. The number of rotatable bonds is 2. The van der Waals surface area contributed by atoms with E-state index in [0.717, 1.165) is 6.20 Å². The normalized spacial score (nSPS) is 17.5. The molecule has 4 nitrogen and oxygen atoms in total. The average Bonchev–Trinajstić information content (AvgIpc) is 2.46. The summed E-state index contributed by atoms with van der Waals surface area (Å²) in [5, 5.41) is 3.57. The van der Waals surface area contributed by atoms with Crippen LogP contribution in [0.4, 0.5) is 18.9 Å². The van der Waals surface area contributed by atoms with Crippen LogP contribution >= 0.6 is 0 Å². The Kier molecular flexibility index (Phi) is 3.25. The molecule has 3 rings (SSSR count). The van der Waals surface area contributed by atoms with Gasteiger partial charge in [0.2, 0.25) is 6.29 Å². The van der Waals surface area contributed by atoms with Gasteiger partial charge in [0.15, 0.2) is 0 Å². The zero-order valence-corrected chi connectivity index (χ0v) is 10.7. The van der Waals surface area contributed by atoms with Crippen LogP contribution in [0.15, 0.2) is 53.8 Å². The van der Waals surface area contributed by atoms with Crippen LogP contribution in [-0.2, 0) is 0 Å². The zero-order chi connectivity index (χ0) is 14.9. The van der Waals surface area contributed by atoms with E-state index in [0.29, 0.717) is 16.3 Å². The molecule has 0 radical (unpaired) electrons. The third kappa shape index (κ3) is 2.81. The summed E-state index contributed by atoms with van der Waals surface area (Å²) >= 11 is 0. The maximum Gasteiger partial charge on any atom is 0.487 e. The van der Waals surface area contributed by atoms with Crippen LogP contribution in [0, 0.1) is 0 Å². The van der Waals surface area contributed by atoms with Gasteiger partial charge in [-0.2, -0.15) is 0 Å². The number of anilines is 1. The Balaban J connectivity index is 2.02. The lowest BCUT2D eigenvalue weighted by Crippen LogP contribution is -2.51. The van der Waals surface area contributed by atoms with E-state index < -0.39 is 12.6 Å². The van der Waals surface area contributed by atoms with E-state index in [1.165, 1.54) is 12.4 Å². The Bertz CT molecular complexity index is 743. The fourth-order valence-electron chi connectivity index (χ4n) is 2.03. The van der Waals surface area contributed by atoms with Crippen LogP contribution in [-0.4, -0.2) is 22.5 Å². The van der Waals surface area contributed by atoms with Crippen molar-refractivity contribution in [3.8, 4) is 0 Å². The number of hydrogen-bond donors (Lipinski definition) is 1. The molecule has 0 spiro atoms. The van der Waals surface area contributed by atoms with E-state index in [1.54, 1.807) is 36.4 Å². The number of pyridine rings is 1. The molecule has 1 atom stereocenters. The van der Waals surface area contributed by atoms with E-state index in [1.807, 2.05) is 0 Å². The van der Waals surface area contributed by atoms with Crippen LogP contribution < -0.4 is 15.9 Å². The molecule has 108 valence electrons. The highest BCUT2D eigenvalue weighted by Crippen LogP contribution is 2.26. The summed E-state index contributed by atoms with van der Waals surface area (Å²) in [5.41, 5.74) is 0.561. The molecular weight excluding hydrogens is 281 g/mol. The summed E-state index contributed by atoms with van der Waals surface area (Å²) in [6.45, 7) is 0. The maximum atomic E-state index is 13.2. The number of aromatic nitrogens is 1. The predicted octanol–water partition coefficient (Wildman–Crippen LogP) is 1.67. The first-order chi connectivity index (χ1) is 10.0. The summed E-state index contributed by atoms with van der Waals surface area (Å²) < 4.78 is 39.5. The smallest absolute Gasteiger partial charge is 0.347 e. The largest absolute Gasteiger partial charge is 0.487 e. The monoisotopic (exact) mass is 292 g/mol. The summed E-state index contributed by atoms with van der Waals surface area (Å²) in [6, 6.07) is 10.2. The molecule has 1 aliphatic heterocycles. The second-order valence-corrected chi connectivity index (χ2v) is 4.45. The second kappa shape index (κ2) is 5.08. The van der Waals surface area contributed by atoms with E-state index in [-0.39, 0.29) is 4.90 Å². The van der Waals surface area contributed by atoms with Crippen LogP contribution in [0.1, 0.15) is 0 Å². The highest BCUT2D eigenvalue weighted by Gasteiger charge is 2.41. The van der Waals surface area contributed by atoms with Crippen molar-refractivity contribution in [3.63, 3.8) is 0 Å². The third-order valence-corrected chi connectivity index (χ3v) is 2.99. The molecule has 2 heterocycles. The van der Waals surface area contributed by atoms with Gasteiger partial charge in [0.05, 0.1) is 5.36 Å². The van der Waals surface area contributed by atoms with Crippen molar-refractivity contribution in [2.75, 3.05) is 5.32 Å². The minimum absolute atomic E-state index is 0.226. The standard InChI is InChI=1S/C14H11F3N4/c15-14(16,17)21-9-10-8-18-7-6-12(10)20-13(21)19-11-4-2-1-3-5-11/h1-9,13,19H. The lowest BCUT2D eigenvalue weighted by molar-refractivity contribution is -0.229. The molecule has 0 saturated heterocycles. The number of halogens is 3. The molecule has 7 heteroatoms. The van der Waals surface area contributed by atoms with Crippen molar-refractivity contribution in [2.24, 2.45) is 4.99 Å². The minimum Gasteiger partial charge on any atom is -0.347 e. The van der Waals surface area contributed by atoms with Gasteiger partial charge in [-0.15, -0.1) is 13.2 Å². The summed E-state index contributed by atoms with van der Waals surface area (Å²) in [7, 11) is 0. The second-order valence-electron chi connectivity index (χ2n) is 4.45. The lowest BCUT2D eigenvalue weighted by atomic mass is 10.3. The number of fused-ring (bicyclic) bond motifs is 1. The van der Waals surface area contributed by atoms with E-state index in [9.17, 15) is 13.2 Å². The van der Waals surface area contributed by atoms with Gasteiger partial charge >= 0.3 is 6.30 Å². The third-order valence-electron chi connectivity index (χ3n) is 2.99. The van der Waals surface area contributed by atoms with Gasteiger partial charge in [0.25, 0.3) is 0 Å². The summed E-state index contributed by atoms with van der Waals surface area (Å²) in [5.74, 6) is 0. The number of benzene rings is 1. The SMILES string of the molecule is FC(F)(F)N1C=c2cnccc2=NC1Nc1ccccc1. The Morgan fingerprint density at radius 3 is 2.57 bits per heavy atom. The van der Waals surface area contributed by atoms with Crippen molar-refractivity contribution >= 4 is 11.9 Å². The molecule has 1 aromatic heterocycles. The van der Waals surface area contributed by atoms with Gasteiger partial charge in [-0.3, -0.25) is 4.98 Å². The van der Waals surface area contributed by atoms with E-state index in [4.69, 9.17) is 0 Å². The van der Waals surface area contributed by atoms with E-state index >= 15 is 0 Å². The van der Waals surface area contributed by atoms with E-state index in [2.05, 4.69) is 15.3 Å². The van der Waals surface area contributed by atoms with Crippen molar-refractivity contribution in [1.29, 1.82) is 0 Å². The number of hydrogen-bond acceptors (Lipinski definition) is 4. The molecular formula is C14H11F3N4. The van der Waals surface area contributed by atoms with Crippen LogP contribution in [0.5, 0.6) is 0 Å². The van der Waals surface area contributed by atoms with Crippen LogP contribution in [0.3, 0.4) is 0 Å². The lowest BCUT2D eigenvalue weighted by Gasteiger charge is -2.32. The van der Waals surface area contributed by atoms with Crippen molar-refractivity contribution in [3.05, 3.63) is 59.4 Å². The molecule has 0 fully saturated rings. The highest BCUT2D eigenvalue weighted by atomic mass is 19.4. The molecule has 0 amide bonds. The first-order valence-electron chi connectivity index (χ1n) is 6.20. The van der Waals surface area contributed by atoms with Gasteiger partial charge < -0.3 is 5.32 Å². The number of nitrogens with one attached hydrogen (secondary N) is 1. The Morgan fingerprint density at radius 1 is 1.10 bits per heavy atom. The Labute approximate surface area is 118 Å². The molecule has 0 bridgehead atoms. The van der Waals surface area contributed by atoms with Crippen molar-refractivity contribution in [1.82, 2.24) is 9.88 Å². The molecule has 21 heavy (non-hydrogen) atoms. The number of para-hydroxylation sites is 1. The molecule has 2 aromatic rings. The number of alkyl halides is 3. The molecule has 0 saturated carbocycles. The first kappa shape index (κ1) is 13.4. The quantitative estimate of drug-likeness (QED) is 0.856. The molecule has 0 aliphatic carbocycles. The fourth-order valence-corrected chi connectivity index (χ4v) is 2.03. The Morgan fingerprint density at radius 2 is 1.86 bits per heavy atom. The summed E-state index contributed by atoms with van der Waals surface area (Å²) in [4.78, 5) is 8.16. The molecule has 1 aromatic carbocycles. The molecule has 1 aliphatic rings. The number of nitrogens with zero attached hydrogens (tertiary/aromatic N) is 3. The maximum absolute atomic E-state index is 13.2. The van der Waals surface area contributed by atoms with Gasteiger partial charge in [-0.25, -0.2) is 9.89 Å². The Hall–Kier alpha value is -2.57. The van der Waals surface area contributed by atoms with Gasteiger partial charge in [0.1, 0.15) is 0 Å². The minimum atomic E-state index is -4.54. The van der Waals surface area contributed by atoms with Crippen LogP contribution in [0.25, 0.3) is 6.20 Å². The fraction of sp³-hybridized carbons (Fsp3) is 0.143.